The molecule has 0 aliphatic carbocycles. The van der Waals surface area contributed by atoms with Gasteiger partial charge in [0.15, 0.2) is 0 Å². The van der Waals surface area contributed by atoms with Crippen molar-refractivity contribution in [3.63, 3.8) is 0 Å². The molecule has 3 aromatic carbocycles. The van der Waals surface area contributed by atoms with Gasteiger partial charge in [-0.15, -0.1) is 0 Å². The van der Waals surface area contributed by atoms with Crippen LogP contribution in [0.5, 0.6) is 5.75 Å². The summed E-state index contributed by atoms with van der Waals surface area (Å²) in [5.74, 6) is 0.0153. The number of fused-ring (bicyclic) bond motifs is 1. The van der Waals surface area contributed by atoms with Gasteiger partial charge in [-0.1, -0.05) is 18.2 Å². The fourth-order valence-electron chi connectivity index (χ4n) is 4.29. The van der Waals surface area contributed by atoms with Gasteiger partial charge in [0.25, 0.3) is 5.91 Å². The molecule has 3 amide bonds. The van der Waals surface area contributed by atoms with Crippen molar-refractivity contribution in [3.8, 4) is 5.75 Å². The van der Waals surface area contributed by atoms with E-state index in [0.29, 0.717) is 28.4 Å². The molecule has 0 fully saturated rings. The summed E-state index contributed by atoms with van der Waals surface area (Å²) in [4.78, 5) is 37.8. The number of aromatic hydroxyl groups is 1. The molecule has 9 nitrogen and oxygen atoms in total. The van der Waals surface area contributed by atoms with Gasteiger partial charge in [-0.3, -0.25) is 14.6 Å². The minimum Gasteiger partial charge on any atom is -0.508 e. The monoisotopic (exact) mass is 548 g/mol. The molecule has 12 heteroatoms. The third kappa shape index (κ3) is 5.37. The molecule has 0 atom stereocenters. The highest BCUT2D eigenvalue weighted by atomic mass is 19.4. The average Bonchev–Trinajstić information content (AvgIpc) is 2.92. The second-order valence-electron chi connectivity index (χ2n) is 9.18. The first-order valence-corrected chi connectivity index (χ1v) is 12.1. The molecule has 0 saturated heterocycles. The molecule has 1 aliphatic heterocycles. The fraction of sp³-hybridized carbons (Fsp3) is 0.143. The standard InChI is InChI=1S/C28H23F3N6O3/c1-16-9-10-21(33-25(39)17-5-3-6-19(11-17)28(29,30)31)13-23(16)37-15-18-14-32-26(35-24(18)36(2)27(37)40)34-20-7-4-8-22(38)12-20/h3-14,38H,15H2,1-2H3,(H,33,39)(H,32,34,35). The van der Waals surface area contributed by atoms with Crippen molar-refractivity contribution in [3.05, 3.63) is 95.2 Å². The molecule has 4 aromatic rings. The van der Waals surface area contributed by atoms with Crippen molar-refractivity contribution in [1.29, 1.82) is 0 Å². The minimum atomic E-state index is -4.57. The SMILES string of the molecule is Cc1ccc(NC(=O)c2cccc(C(F)(F)F)c2)cc1N1Cc2cnc(Nc3cccc(O)c3)nc2N(C)C1=O. The van der Waals surface area contributed by atoms with Crippen molar-refractivity contribution in [2.45, 2.75) is 19.6 Å². The maximum absolute atomic E-state index is 13.4. The number of carbonyl (C=O) groups is 2. The van der Waals surface area contributed by atoms with Gasteiger partial charge in [-0.05, 0) is 55.0 Å². The number of hydrogen-bond donors (Lipinski definition) is 3. The first-order valence-electron chi connectivity index (χ1n) is 12.1. The number of urea groups is 1. The van der Waals surface area contributed by atoms with Gasteiger partial charge >= 0.3 is 12.2 Å². The normalized spacial score (nSPS) is 13.2. The van der Waals surface area contributed by atoms with E-state index in [4.69, 9.17) is 0 Å². The first kappa shape index (κ1) is 26.5. The van der Waals surface area contributed by atoms with Gasteiger partial charge in [0.1, 0.15) is 11.6 Å². The van der Waals surface area contributed by atoms with Gasteiger partial charge in [0.05, 0.1) is 17.8 Å². The highest BCUT2D eigenvalue weighted by Crippen LogP contribution is 2.34. The molecule has 204 valence electrons. The third-order valence-corrected chi connectivity index (χ3v) is 6.32. The number of anilines is 5. The molecule has 40 heavy (non-hydrogen) atoms. The summed E-state index contributed by atoms with van der Waals surface area (Å²) >= 11 is 0. The van der Waals surface area contributed by atoms with Gasteiger partial charge in [-0.25, -0.2) is 9.78 Å². The Morgan fingerprint density at radius 3 is 2.55 bits per heavy atom. The van der Waals surface area contributed by atoms with Crippen molar-refractivity contribution >= 4 is 40.8 Å². The molecule has 5 rings (SSSR count). The quantitative estimate of drug-likeness (QED) is 0.279. The molecule has 3 N–H and O–H groups in total. The lowest BCUT2D eigenvalue weighted by atomic mass is 10.1. The smallest absolute Gasteiger partial charge is 0.416 e. The zero-order valence-corrected chi connectivity index (χ0v) is 21.3. The van der Waals surface area contributed by atoms with Crippen LogP contribution in [0.15, 0.2) is 72.9 Å². The van der Waals surface area contributed by atoms with E-state index in [2.05, 4.69) is 20.6 Å². The van der Waals surface area contributed by atoms with Crippen LogP contribution < -0.4 is 20.4 Å². The molecule has 1 aliphatic rings. The molecule has 0 spiro atoms. The van der Waals surface area contributed by atoms with Crippen LogP contribution >= 0.6 is 0 Å². The summed E-state index contributed by atoms with van der Waals surface area (Å²) in [6, 6.07) is 15.1. The van der Waals surface area contributed by atoms with Crippen LogP contribution in [0.4, 0.5) is 46.8 Å². The molecule has 2 heterocycles. The summed E-state index contributed by atoms with van der Waals surface area (Å²) in [5, 5.41) is 15.3. The number of hydrogen-bond acceptors (Lipinski definition) is 6. The number of aryl methyl sites for hydroxylation is 1. The first-order chi connectivity index (χ1) is 19.0. The molecular formula is C28H23F3N6O3. The number of amides is 3. The third-order valence-electron chi connectivity index (χ3n) is 6.32. The van der Waals surface area contributed by atoms with Crippen LogP contribution in [0.3, 0.4) is 0 Å². The Balaban J connectivity index is 1.38. The summed E-state index contributed by atoms with van der Waals surface area (Å²) in [5.41, 5.74) is 1.73. The lowest BCUT2D eigenvalue weighted by Crippen LogP contribution is -2.46. The zero-order valence-electron chi connectivity index (χ0n) is 21.3. The van der Waals surface area contributed by atoms with E-state index in [0.717, 1.165) is 17.7 Å². The number of phenolic OH excluding ortho intramolecular Hbond substituents is 1. The van der Waals surface area contributed by atoms with E-state index in [9.17, 15) is 27.9 Å². The molecule has 0 bridgehead atoms. The Bertz CT molecular complexity index is 1630. The summed E-state index contributed by atoms with van der Waals surface area (Å²) in [6.45, 7) is 1.95. The number of carbonyl (C=O) groups excluding carboxylic acids is 2. The maximum Gasteiger partial charge on any atom is 0.416 e. The van der Waals surface area contributed by atoms with Crippen LogP contribution in [0.2, 0.25) is 0 Å². The summed E-state index contributed by atoms with van der Waals surface area (Å²) in [6.07, 6.45) is -2.98. The van der Waals surface area contributed by atoms with Crippen molar-refractivity contribution in [2.75, 3.05) is 27.5 Å². The van der Waals surface area contributed by atoms with E-state index in [1.54, 1.807) is 50.5 Å². The Morgan fingerprint density at radius 2 is 1.80 bits per heavy atom. The second kappa shape index (κ2) is 10.2. The number of halogens is 3. The molecule has 1 aromatic heterocycles. The van der Waals surface area contributed by atoms with Gasteiger partial charge in [-0.2, -0.15) is 18.2 Å². The van der Waals surface area contributed by atoms with Gasteiger partial charge in [0, 0.05) is 41.8 Å². The highest BCUT2D eigenvalue weighted by Gasteiger charge is 2.32. The number of aromatic nitrogens is 2. The lowest BCUT2D eigenvalue weighted by Gasteiger charge is -2.35. The average molecular weight is 549 g/mol. The number of rotatable bonds is 5. The van der Waals surface area contributed by atoms with Crippen molar-refractivity contribution < 1.29 is 27.9 Å². The highest BCUT2D eigenvalue weighted by molar-refractivity contribution is 6.07. The number of alkyl halides is 3. The Kier molecular flexibility index (Phi) is 6.76. The lowest BCUT2D eigenvalue weighted by molar-refractivity contribution is -0.137. The van der Waals surface area contributed by atoms with Crippen LogP contribution in [-0.4, -0.2) is 34.1 Å². The number of benzene rings is 3. The fourth-order valence-corrected chi connectivity index (χ4v) is 4.29. The van der Waals surface area contributed by atoms with Gasteiger partial charge in [0.2, 0.25) is 5.95 Å². The van der Waals surface area contributed by atoms with E-state index in [-0.39, 0.29) is 29.8 Å². The van der Waals surface area contributed by atoms with E-state index < -0.39 is 17.6 Å². The topological polar surface area (TPSA) is 111 Å². The van der Waals surface area contributed by atoms with Gasteiger partial charge < -0.3 is 15.7 Å². The number of nitrogens with zero attached hydrogens (tertiary/aromatic N) is 4. The molecule has 0 unspecified atom stereocenters. The number of phenols is 1. The summed E-state index contributed by atoms with van der Waals surface area (Å²) < 4.78 is 39.2. The predicted octanol–water partition coefficient (Wildman–Crippen LogP) is 6.08. The Labute approximate surface area is 226 Å². The zero-order chi connectivity index (χ0) is 28.6. The molecule has 0 radical (unpaired) electrons. The second-order valence-corrected chi connectivity index (χ2v) is 9.18. The largest absolute Gasteiger partial charge is 0.508 e. The molecular weight excluding hydrogens is 525 g/mol. The maximum atomic E-state index is 13.4. The number of nitrogens with one attached hydrogen (secondary N) is 2. The minimum absolute atomic E-state index is 0.0783. The Morgan fingerprint density at radius 1 is 1.02 bits per heavy atom. The van der Waals surface area contributed by atoms with Crippen LogP contribution in [0.25, 0.3) is 0 Å². The van der Waals surface area contributed by atoms with E-state index >= 15 is 0 Å². The van der Waals surface area contributed by atoms with Crippen LogP contribution in [-0.2, 0) is 12.7 Å². The van der Waals surface area contributed by atoms with Crippen molar-refractivity contribution in [2.24, 2.45) is 0 Å². The molecule has 0 saturated carbocycles. The summed E-state index contributed by atoms with van der Waals surface area (Å²) in [7, 11) is 1.58. The van der Waals surface area contributed by atoms with Crippen molar-refractivity contribution in [1.82, 2.24) is 9.97 Å². The van der Waals surface area contributed by atoms with E-state index in [1.165, 1.54) is 34.1 Å². The van der Waals surface area contributed by atoms with Crippen LogP contribution in [0.1, 0.15) is 27.0 Å². The van der Waals surface area contributed by atoms with E-state index in [1.807, 2.05) is 0 Å². The Hall–Kier alpha value is -5.13. The van der Waals surface area contributed by atoms with Crippen LogP contribution in [0, 0.1) is 6.92 Å². The predicted molar refractivity (Wildman–Crippen MR) is 144 cm³/mol.